The zero-order valence-corrected chi connectivity index (χ0v) is 11.5. The molecule has 1 aliphatic heterocycles. The predicted octanol–water partition coefficient (Wildman–Crippen LogP) is 2.23. The van der Waals surface area contributed by atoms with Crippen LogP contribution in [0, 0.1) is 0 Å². The zero-order valence-electron chi connectivity index (χ0n) is 10.7. The van der Waals surface area contributed by atoms with Gasteiger partial charge in [-0.05, 0) is 18.1 Å². The maximum atomic E-state index is 12.3. The molecule has 1 aromatic carbocycles. The number of alkyl halides is 3. The number of benzene rings is 1. The summed E-state index contributed by atoms with van der Waals surface area (Å²) in [6.45, 7) is 0. The first-order chi connectivity index (χ1) is 9.76. The molecule has 0 saturated carbocycles. The Morgan fingerprint density at radius 2 is 2.05 bits per heavy atom. The number of carboxylic acids is 1. The Bertz CT molecular complexity index is 537. The molecule has 0 spiro atoms. The van der Waals surface area contributed by atoms with E-state index in [4.69, 9.17) is 5.11 Å². The molecule has 1 heterocycles. The second-order valence-corrected chi connectivity index (χ2v) is 5.88. The van der Waals surface area contributed by atoms with Gasteiger partial charge in [0.05, 0.1) is 11.7 Å². The van der Waals surface area contributed by atoms with Gasteiger partial charge in [-0.2, -0.15) is 13.2 Å². The van der Waals surface area contributed by atoms with Crippen molar-refractivity contribution in [2.45, 2.75) is 35.2 Å². The summed E-state index contributed by atoms with van der Waals surface area (Å²) in [4.78, 5) is 23.7. The van der Waals surface area contributed by atoms with Crippen molar-refractivity contribution in [1.29, 1.82) is 0 Å². The van der Waals surface area contributed by atoms with Crippen LogP contribution < -0.4 is 5.32 Å². The lowest BCUT2D eigenvalue weighted by atomic mass is 10.1. The third kappa shape index (κ3) is 4.13. The highest BCUT2D eigenvalue weighted by atomic mass is 32.2. The van der Waals surface area contributed by atoms with E-state index in [1.807, 2.05) is 23.5 Å². The number of amides is 1. The molecule has 0 aliphatic carbocycles. The molecule has 1 aromatic rings. The molecule has 1 aliphatic rings. The molecule has 1 amide bonds. The lowest BCUT2D eigenvalue weighted by Crippen LogP contribution is -2.46. The molecule has 4 nitrogen and oxygen atoms in total. The van der Waals surface area contributed by atoms with Gasteiger partial charge in [-0.25, -0.2) is 4.79 Å². The SMILES string of the molecule is O=C(O)C(CC(F)(F)F)NC(=O)C1Cc2ccccc2S1. The fraction of sp³-hybridized carbons (Fsp3) is 0.385. The van der Waals surface area contributed by atoms with E-state index in [0.717, 1.165) is 10.5 Å². The van der Waals surface area contributed by atoms with Crippen molar-refractivity contribution < 1.29 is 27.9 Å². The first-order valence-corrected chi connectivity index (χ1v) is 6.99. The Morgan fingerprint density at radius 3 is 2.62 bits per heavy atom. The van der Waals surface area contributed by atoms with Crippen LogP contribution >= 0.6 is 11.8 Å². The third-order valence-corrected chi connectivity index (χ3v) is 4.31. The maximum Gasteiger partial charge on any atom is 0.391 e. The molecule has 0 radical (unpaired) electrons. The molecule has 2 rings (SSSR count). The first-order valence-electron chi connectivity index (χ1n) is 6.11. The average molecular weight is 319 g/mol. The average Bonchev–Trinajstić information content (AvgIpc) is 2.80. The van der Waals surface area contributed by atoms with Crippen LogP contribution in [-0.4, -0.2) is 34.5 Å². The summed E-state index contributed by atoms with van der Waals surface area (Å²) in [6.07, 6.45) is -5.86. The minimum atomic E-state index is -4.65. The highest BCUT2D eigenvalue weighted by Gasteiger charge is 2.38. The number of rotatable bonds is 4. The van der Waals surface area contributed by atoms with Crippen LogP contribution in [0.2, 0.25) is 0 Å². The summed E-state index contributed by atoms with van der Waals surface area (Å²) in [5.74, 6) is -2.38. The number of hydrogen-bond acceptors (Lipinski definition) is 3. The zero-order chi connectivity index (χ0) is 15.6. The molecule has 8 heteroatoms. The molecule has 21 heavy (non-hydrogen) atoms. The van der Waals surface area contributed by atoms with Crippen molar-refractivity contribution in [2.24, 2.45) is 0 Å². The standard InChI is InChI=1S/C13H12F3NO3S/c14-13(15,16)6-8(12(19)20)17-11(18)10-5-7-3-1-2-4-9(7)21-10/h1-4,8,10H,5-6H2,(H,17,18)(H,19,20). The minimum absolute atomic E-state index is 0.380. The second-order valence-electron chi connectivity index (χ2n) is 4.64. The van der Waals surface area contributed by atoms with Gasteiger partial charge in [-0.1, -0.05) is 18.2 Å². The van der Waals surface area contributed by atoms with E-state index in [1.54, 1.807) is 6.07 Å². The number of carbonyl (C=O) groups is 2. The largest absolute Gasteiger partial charge is 0.480 e. The van der Waals surface area contributed by atoms with Gasteiger partial charge in [0.2, 0.25) is 5.91 Å². The molecule has 0 saturated heterocycles. The van der Waals surface area contributed by atoms with Crippen molar-refractivity contribution in [1.82, 2.24) is 5.32 Å². The van der Waals surface area contributed by atoms with Gasteiger partial charge in [0.25, 0.3) is 0 Å². The smallest absolute Gasteiger partial charge is 0.391 e. The van der Waals surface area contributed by atoms with Crippen LogP contribution in [0.25, 0.3) is 0 Å². The van der Waals surface area contributed by atoms with E-state index in [9.17, 15) is 22.8 Å². The number of fused-ring (bicyclic) bond motifs is 1. The molecule has 0 fully saturated rings. The Labute approximate surface area is 122 Å². The van der Waals surface area contributed by atoms with Gasteiger partial charge < -0.3 is 10.4 Å². The van der Waals surface area contributed by atoms with Crippen molar-refractivity contribution in [2.75, 3.05) is 0 Å². The van der Waals surface area contributed by atoms with Crippen molar-refractivity contribution >= 4 is 23.6 Å². The Kier molecular flexibility index (Phi) is 4.46. The summed E-state index contributed by atoms with van der Waals surface area (Å²) in [6, 6.07) is 5.30. The number of hydrogen-bond donors (Lipinski definition) is 2. The monoisotopic (exact) mass is 319 g/mol. The lowest BCUT2D eigenvalue weighted by molar-refractivity contribution is -0.159. The van der Waals surface area contributed by atoms with E-state index in [1.165, 1.54) is 11.8 Å². The highest BCUT2D eigenvalue weighted by molar-refractivity contribution is 8.01. The molecule has 2 N–H and O–H groups in total. The van der Waals surface area contributed by atoms with Crippen LogP contribution in [0.1, 0.15) is 12.0 Å². The van der Waals surface area contributed by atoms with E-state index in [2.05, 4.69) is 0 Å². The summed E-state index contributed by atoms with van der Waals surface area (Å²) >= 11 is 1.23. The normalized spacial score (nSPS) is 18.9. The third-order valence-electron chi connectivity index (χ3n) is 2.99. The lowest BCUT2D eigenvalue weighted by Gasteiger charge is -2.18. The summed E-state index contributed by atoms with van der Waals surface area (Å²) in [7, 11) is 0. The van der Waals surface area contributed by atoms with E-state index in [0.29, 0.717) is 6.42 Å². The molecule has 2 atom stereocenters. The van der Waals surface area contributed by atoms with Gasteiger partial charge in [-0.3, -0.25) is 4.79 Å². The Hall–Kier alpha value is -1.70. The van der Waals surface area contributed by atoms with Crippen LogP contribution in [0.15, 0.2) is 29.2 Å². The van der Waals surface area contributed by atoms with Gasteiger partial charge >= 0.3 is 12.1 Å². The molecule has 0 bridgehead atoms. The van der Waals surface area contributed by atoms with E-state index in [-0.39, 0.29) is 0 Å². The van der Waals surface area contributed by atoms with Gasteiger partial charge in [0, 0.05) is 4.90 Å². The Balaban J connectivity index is 2.00. The molecular formula is C13H12F3NO3S. The predicted molar refractivity (Wildman–Crippen MR) is 70.0 cm³/mol. The number of carbonyl (C=O) groups excluding carboxylic acids is 1. The molecular weight excluding hydrogens is 307 g/mol. The van der Waals surface area contributed by atoms with Gasteiger partial charge in [0.1, 0.15) is 6.04 Å². The second kappa shape index (κ2) is 5.97. The fourth-order valence-corrected chi connectivity index (χ4v) is 3.23. The molecule has 0 aromatic heterocycles. The van der Waals surface area contributed by atoms with Crippen LogP contribution in [0.4, 0.5) is 13.2 Å². The number of thioether (sulfide) groups is 1. The van der Waals surface area contributed by atoms with Gasteiger partial charge in [0.15, 0.2) is 0 Å². The summed E-state index contributed by atoms with van der Waals surface area (Å²) in [5.41, 5.74) is 0.936. The number of halogens is 3. The van der Waals surface area contributed by atoms with Crippen molar-refractivity contribution in [3.8, 4) is 0 Å². The first kappa shape index (κ1) is 15.7. The number of nitrogens with one attached hydrogen (secondary N) is 1. The number of carboxylic acid groups (broad SMARTS) is 1. The fourth-order valence-electron chi connectivity index (χ4n) is 2.02. The van der Waals surface area contributed by atoms with Crippen LogP contribution in [0.3, 0.4) is 0 Å². The topological polar surface area (TPSA) is 66.4 Å². The summed E-state index contributed by atoms with van der Waals surface area (Å²) < 4.78 is 36.9. The van der Waals surface area contributed by atoms with E-state index >= 15 is 0 Å². The quantitative estimate of drug-likeness (QED) is 0.893. The van der Waals surface area contributed by atoms with Crippen molar-refractivity contribution in [3.63, 3.8) is 0 Å². The molecule has 114 valence electrons. The maximum absolute atomic E-state index is 12.3. The van der Waals surface area contributed by atoms with Gasteiger partial charge in [-0.15, -0.1) is 11.8 Å². The number of aliphatic carboxylic acids is 1. The van der Waals surface area contributed by atoms with Crippen LogP contribution in [0.5, 0.6) is 0 Å². The summed E-state index contributed by atoms with van der Waals surface area (Å²) in [5, 5.41) is 10.2. The van der Waals surface area contributed by atoms with E-state index < -0.39 is 35.8 Å². The Morgan fingerprint density at radius 1 is 1.38 bits per heavy atom. The van der Waals surface area contributed by atoms with Crippen LogP contribution in [-0.2, 0) is 16.0 Å². The minimum Gasteiger partial charge on any atom is -0.480 e. The molecule has 2 unspecified atom stereocenters. The van der Waals surface area contributed by atoms with Crippen molar-refractivity contribution in [3.05, 3.63) is 29.8 Å². The highest BCUT2D eigenvalue weighted by Crippen LogP contribution is 2.36.